The maximum atomic E-state index is 12.1. The molecule has 1 atom stereocenters. The molecule has 0 aromatic heterocycles. The molecule has 0 saturated carbocycles. The van der Waals surface area contributed by atoms with Crippen LogP contribution in [0.1, 0.15) is 123 Å². The molecule has 0 aliphatic rings. The summed E-state index contributed by atoms with van der Waals surface area (Å²) in [6, 6.07) is 0. The number of ether oxygens (including phenoxy) is 1. The fraction of sp³-hybridized carbons (Fsp3) is 0.955. The van der Waals surface area contributed by atoms with Crippen LogP contribution in [-0.2, 0) is 9.53 Å². The molecular formula is C22H45NO2. The zero-order valence-corrected chi connectivity index (χ0v) is 17.2. The average molecular weight is 356 g/mol. The van der Waals surface area contributed by atoms with Crippen LogP contribution in [0.4, 0.5) is 0 Å². The van der Waals surface area contributed by atoms with Crippen LogP contribution in [0.25, 0.3) is 0 Å². The lowest BCUT2D eigenvalue weighted by molar-refractivity contribution is -0.150. The largest absolute Gasteiger partial charge is 0.462 e. The van der Waals surface area contributed by atoms with Crippen LogP contribution in [0.5, 0.6) is 0 Å². The number of esters is 1. The second-order valence-electron chi connectivity index (χ2n) is 7.47. The molecule has 0 rings (SSSR count). The topological polar surface area (TPSA) is 52.3 Å². The molecule has 1 unspecified atom stereocenters. The Hall–Kier alpha value is -0.570. The van der Waals surface area contributed by atoms with Gasteiger partial charge in [0.25, 0.3) is 0 Å². The van der Waals surface area contributed by atoms with E-state index in [1.807, 2.05) is 0 Å². The van der Waals surface area contributed by atoms with Crippen molar-refractivity contribution in [3.05, 3.63) is 0 Å². The molecule has 2 N–H and O–H groups in total. The molecule has 3 heteroatoms. The Morgan fingerprint density at radius 2 is 1.20 bits per heavy atom. The summed E-state index contributed by atoms with van der Waals surface area (Å²) in [6.07, 6.45) is 19.8. The van der Waals surface area contributed by atoms with Gasteiger partial charge in [-0.2, -0.15) is 0 Å². The monoisotopic (exact) mass is 355 g/mol. The zero-order chi connectivity index (χ0) is 18.6. The first kappa shape index (κ1) is 24.4. The molecule has 0 spiro atoms. The van der Waals surface area contributed by atoms with Crippen molar-refractivity contribution in [2.24, 2.45) is 5.73 Å². The SMILES string of the molecule is CCCCCCCC(CCCCCC)OC(=O)CCCCCCCN. The van der Waals surface area contributed by atoms with Crippen LogP contribution in [0.15, 0.2) is 0 Å². The highest BCUT2D eigenvalue weighted by Crippen LogP contribution is 2.17. The molecular weight excluding hydrogens is 310 g/mol. The summed E-state index contributed by atoms with van der Waals surface area (Å²) in [4.78, 5) is 12.1. The van der Waals surface area contributed by atoms with Crippen molar-refractivity contribution in [1.29, 1.82) is 0 Å². The lowest BCUT2D eigenvalue weighted by Crippen LogP contribution is -2.18. The van der Waals surface area contributed by atoms with Crippen LogP contribution in [0.2, 0.25) is 0 Å². The predicted octanol–water partition coefficient (Wildman–Crippen LogP) is 6.53. The molecule has 0 amide bonds. The van der Waals surface area contributed by atoms with E-state index in [-0.39, 0.29) is 12.1 Å². The van der Waals surface area contributed by atoms with Crippen molar-refractivity contribution in [2.75, 3.05) is 6.54 Å². The maximum Gasteiger partial charge on any atom is 0.306 e. The van der Waals surface area contributed by atoms with Crippen LogP contribution in [0, 0.1) is 0 Å². The number of hydrogen-bond acceptors (Lipinski definition) is 3. The van der Waals surface area contributed by atoms with E-state index >= 15 is 0 Å². The number of carbonyl (C=O) groups is 1. The van der Waals surface area contributed by atoms with Gasteiger partial charge in [-0.3, -0.25) is 4.79 Å². The molecule has 0 aromatic rings. The van der Waals surface area contributed by atoms with E-state index in [1.165, 1.54) is 70.6 Å². The third kappa shape index (κ3) is 18.0. The van der Waals surface area contributed by atoms with Crippen LogP contribution < -0.4 is 5.73 Å². The third-order valence-corrected chi connectivity index (χ3v) is 4.89. The number of hydrogen-bond donors (Lipinski definition) is 1. The predicted molar refractivity (Wildman–Crippen MR) is 109 cm³/mol. The van der Waals surface area contributed by atoms with Crippen molar-refractivity contribution >= 4 is 5.97 Å². The molecule has 0 heterocycles. The second-order valence-corrected chi connectivity index (χ2v) is 7.47. The minimum Gasteiger partial charge on any atom is -0.462 e. The smallest absolute Gasteiger partial charge is 0.306 e. The molecule has 150 valence electrons. The summed E-state index contributed by atoms with van der Waals surface area (Å²) in [5.74, 6) is 0.0212. The Morgan fingerprint density at radius 3 is 1.80 bits per heavy atom. The Labute approximate surface area is 157 Å². The Bertz CT molecular complexity index is 281. The first-order chi connectivity index (χ1) is 12.2. The normalized spacial score (nSPS) is 12.3. The Balaban J connectivity index is 3.92. The number of nitrogens with two attached hydrogens (primary N) is 1. The average Bonchev–Trinajstić information content (AvgIpc) is 2.61. The molecule has 0 aromatic carbocycles. The molecule has 0 aliphatic heterocycles. The number of unbranched alkanes of at least 4 members (excludes halogenated alkanes) is 11. The van der Waals surface area contributed by atoms with Gasteiger partial charge < -0.3 is 10.5 Å². The van der Waals surface area contributed by atoms with Gasteiger partial charge in [0.1, 0.15) is 6.10 Å². The lowest BCUT2D eigenvalue weighted by Gasteiger charge is -2.18. The number of rotatable bonds is 19. The van der Waals surface area contributed by atoms with Crippen molar-refractivity contribution in [2.45, 2.75) is 129 Å². The quantitative estimate of drug-likeness (QED) is 0.212. The Morgan fingerprint density at radius 1 is 0.720 bits per heavy atom. The molecule has 25 heavy (non-hydrogen) atoms. The molecule has 3 nitrogen and oxygen atoms in total. The van der Waals surface area contributed by atoms with E-state index in [1.54, 1.807) is 0 Å². The molecule has 0 bridgehead atoms. The van der Waals surface area contributed by atoms with Gasteiger partial charge in [0.05, 0.1) is 0 Å². The molecule has 0 saturated heterocycles. The first-order valence-electron chi connectivity index (χ1n) is 11.1. The van der Waals surface area contributed by atoms with E-state index in [4.69, 9.17) is 10.5 Å². The van der Waals surface area contributed by atoms with Crippen molar-refractivity contribution in [1.82, 2.24) is 0 Å². The van der Waals surface area contributed by atoms with E-state index in [9.17, 15) is 4.79 Å². The van der Waals surface area contributed by atoms with Gasteiger partial charge in [-0.1, -0.05) is 78.1 Å². The van der Waals surface area contributed by atoms with Crippen molar-refractivity contribution < 1.29 is 9.53 Å². The van der Waals surface area contributed by atoms with Gasteiger partial charge in [0.15, 0.2) is 0 Å². The molecule has 0 radical (unpaired) electrons. The maximum absolute atomic E-state index is 12.1. The van der Waals surface area contributed by atoms with Crippen molar-refractivity contribution in [3.63, 3.8) is 0 Å². The zero-order valence-electron chi connectivity index (χ0n) is 17.2. The van der Waals surface area contributed by atoms with Gasteiger partial charge in [-0.15, -0.1) is 0 Å². The van der Waals surface area contributed by atoms with Crippen molar-refractivity contribution in [3.8, 4) is 0 Å². The highest BCUT2D eigenvalue weighted by molar-refractivity contribution is 5.69. The summed E-state index contributed by atoms with van der Waals surface area (Å²) in [5.41, 5.74) is 5.50. The molecule has 0 aliphatic carbocycles. The standard InChI is InChI=1S/C22H45NO2/c1-3-5-7-10-14-18-21(17-13-8-6-4-2)25-22(24)19-15-11-9-12-16-20-23/h21H,3-20,23H2,1-2H3. The van der Waals surface area contributed by atoms with Gasteiger partial charge in [-0.25, -0.2) is 0 Å². The highest BCUT2D eigenvalue weighted by atomic mass is 16.5. The van der Waals surface area contributed by atoms with Crippen LogP contribution >= 0.6 is 0 Å². The van der Waals surface area contributed by atoms with Crippen LogP contribution in [0.3, 0.4) is 0 Å². The fourth-order valence-electron chi connectivity index (χ4n) is 3.23. The summed E-state index contributed by atoms with van der Waals surface area (Å²) in [6.45, 7) is 5.26. The Kier molecular flexibility index (Phi) is 19.3. The summed E-state index contributed by atoms with van der Waals surface area (Å²) in [7, 11) is 0. The minimum atomic E-state index is 0.0212. The first-order valence-corrected chi connectivity index (χ1v) is 11.1. The summed E-state index contributed by atoms with van der Waals surface area (Å²) in [5, 5.41) is 0. The summed E-state index contributed by atoms with van der Waals surface area (Å²) < 4.78 is 5.81. The molecule has 0 fully saturated rings. The lowest BCUT2D eigenvalue weighted by atomic mass is 10.0. The number of carbonyl (C=O) groups excluding carboxylic acids is 1. The van der Waals surface area contributed by atoms with Gasteiger partial charge in [0.2, 0.25) is 0 Å². The van der Waals surface area contributed by atoms with Crippen LogP contribution in [-0.4, -0.2) is 18.6 Å². The minimum absolute atomic E-state index is 0.0212. The van der Waals surface area contributed by atoms with E-state index < -0.39 is 0 Å². The summed E-state index contributed by atoms with van der Waals surface area (Å²) >= 11 is 0. The second kappa shape index (κ2) is 19.8. The van der Waals surface area contributed by atoms with E-state index in [2.05, 4.69) is 13.8 Å². The highest BCUT2D eigenvalue weighted by Gasteiger charge is 2.14. The van der Waals surface area contributed by atoms with Gasteiger partial charge in [0, 0.05) is 6.42 Å². The van der Waals surface area contributed by atoms with E-state index in [0.717, 1.165) is 38.6 Å². The van der Waals surface area contributed by atoms with Gasteiger partial charge in [-0.05, 0) is 45.1 Å². The van der Waals surface area contributed by atoms with Gasteiger partial charge >= 0.3 is 5.97 Å². The van der Waals surface area contributed by atoms with E-state index in [0.29, 0.717) is 6.42 Å². The fourth-order valence-corrected chi connectivity index (χ4v) is 3.23. The third-order valence-electron chi connectivity index (χ3n) is 4.89.